The third kappa shape index (κ3) is 2.43. The fourth-order valence-corrected chi connectivity index (χ4v) is 8.98. The van der Waals surface area contributed by atoms with Crippen LogP contribution in [0, 0.1) is 40.4 Å². The average molecular weight is 412 g/mol. The highest BCUT2D eigenvalue weighted by Crippen LogP contribution is 2.68. The smallest absolute Gasteiger partial charge is 0.123 e. The Balaban J connectivity index is 1.31. The molecule has 2 saturated carbocycles. The molecule has 0 radical (unpaired) electrons. The van der Waals surface area contributed by atoms with Crippen molar-refractivity contribution in [2.45, 2.75) is 97.0 Å². The number of nitrogens with one attached hydrogen (secondary N) is 1. The van der Waals surface area contributed by atoms with E-state index in [9.17, 15) is 5.11 Å². The van der Waals surface area contributed by atoms with Crippen LogP contribution in [0.25, 0.3) is 0 Å². The lowest BCUT2D eigenvalue weighted by atomic mass is 9.51. The van der Waals surface area contributed by atoms with Gasteiger partial charge in [0.05, 0.1) is 12.2 Å². The summed E-state index contributed by atoms with van der Waals surface area (Å²) in [6.45, 7) is 11.0. The molecule has 30 heavy (non-hydrogen) atoms. The summed E-state index contributed by atoms with van der Waals surface area (Å²) in [6, 6.07) is 0. The summed E-state index contributed by atoms with van der Waals surface area (Å²) in [5, 5.41) is 14.1. The second kappa shape index (κ2) is 6.45. The van der Waals surface area contributed by atoms with E-state index in [2.05, 4.69) is 45.2 Å². The minimum atomic E-state index is -0.114. The predicted octanol–water partition coefficient (Wildman–Crippen LogP) is 5.21. The number of aliphatic hydroxyl groups excluding tert-OH is 1. The lowest BCUT2D eigenvalue weighted by Crippen LogP contribution is -2.56. The van der Waals surface area contributed by atoms with E-state index < -0.39 is 0 Å². The van der Waals surface area contributed by atoms with Crippen molar-refractivity contribution in [3.63, 3.8) is 0 Å². The van der Waals surface area contributed by atoms with Crippen molar-refractivity contribution >= 4 is 0 Å². The third-order valence-electron chi connectivity index (χ3n) is 11.1. The molecule has 3 heteroatoms. The van der Waals surface area contributed by atoms with E-state index in [1.54, 1.807) is 11.1 Å². The predicted molar refractivity (Wildman–Crippen MR) is 120 cm³/mol. The Labute approximate surface area is 182 Å². The van der Waals surface area contributed by atoms with Crippen molar-refractivity contribution in [2.75, 3.05) is 6.54 Å². The molecule has 2 heterocycles. The maximum absolute atomic E-state index is 10.2. The van der Waals surface area contributed by atoms with Gasteiger partial charge in [-0.1, -0.05) is 51.0 Å². The zero-order valence-corrected chi connectivity index (χ0v) is 19.4. The molecule has 0 aromatic carbocycles. The van der Waals surface area contributed by atoms with Crippen LogP contribution >= 0.6 is 0 Å². The van der Waals surface area contributed by atoms with Crippen molar-refractivity contribution in [1.29, 1.82) is 0 Å². The number of allylic oxidation sites excluding steroid dienone is 2. The minimum Gasteiger partial charge on any atom is -0.393 e. The zero-order chi connectivity index (χ0) is 20.9. The van der Waals surface area contributed by atoms with Gasteiger partial charge in [0.15, 0.2) is 0 Å². The second-order valence-electron chi connectivity index (χ2n) is 12.3. The van der Waals surface area contributed by atoms with Crippen LogP contribution in [-0.4, -0.2) is 29.6 Å². The first kappa shape index (κ1) is 20.0. The molecule has 10 atom stereocenters. The van der Waals surface area contributed by atoms with Crippen LogP contribution in [0.4, 0.5) is 0 Å². The van der Waals surface area contributed by atoms with Crippen molar-refractivity contribution in [1.82, 2.24) is 5.32 Å². The SMILES string of the molecule is C[C@H]1CC[C@]2(NC1)O[C@H]1C[C@@H]3C(=CC[C@H]4[C@H]3CC=C3C[C@@H](O)CC[C@@]34C)[C@@]1(C)[C@@H]2C. The Morgan fingerprint density at radius 2 is 1.93 bits per heavy atom. The molecule has 2 saturated heterocycles. The molecule has 2 aliphatic heterocycles. The van der Waals surface area contributed by atoms with Crippen molar-refractivity contribution in [2.24, 2.45) is 40.4 Å². The molecule has 2 N–H and O–H groups in total. The number of hydrogen-bond donors (Lipinski definition) is 2. The Hall–Kier alpha value is -0.640. The molecule has 166 valence electrons. The summed E-state index contributed by atoms with van der Waals surface area (Å²) in [4.78, 5) is 0. The van der Waals surface area contributed by atoms with E-state index in [-0.39, 0.29) is 17.2 Å². The van der Waals surface area contributed by atoms with Crippen molar-refractivity contribution in [3.8, 4) is 0 Å². The van der Waals surface area contributed by atoms with Gasteiger partial charge in [0.1, 0.15) is 5.72 Å². The molecule has 6 rings (SSSR count). The van der Waals surface area contributed by atoms with Crippen molar-refractivity contribution in [3.05, 3.63) is 23.3 Å². The molecule has 0 aromatic heterocycles. The number of hydrogen-bond acceptors (Lipinski definition) is 3. The fourth-order valence-electron chi connectivity index (χ4n) is 8.98. The lowest BCUT2D eigenvalue weighted by Gasteiger charge is -2.54. The largest absolute Gasteiger partial charge is 0.393 e. The first-order chi connectivity index (χ1) is 14.3. The highest BCUT2D eigenvalue weighted by atomic mass is 16.5. The monoisotopic (exact) mass is 411 g/mol. The number of fused-ring (bicyclic) bond motifs is 7. The fraction of sp³-hybridized carbons (Fsp3) is 0.852. The van der Waals surface area contributed by atoms with Crippen LogP contribution in [0.1, 0.15) is 79.1 Å². The Morgan fingerprint density at radius 1 is 1.10 bits per heavy atom. The van der Waals surface area contributed by atoms with E-state index >= 15 is 0 Å². The average Bonchev–Trinajstić information content (AvgIpc) is 3.12. The Bertz CT molecular complexity index is 793. The van der Waals surface area contributed by atoms with Crippen LogP contribution < -0.4 is 5.32 Å². The summed E-state index contributed by atoms with van der Waals surface area (Å²) in [5.41, 5.74) is 3.70. The first-order valence-electron chi connectivity index (χ1n) is 12.8. The topological polar surface area (TPSA) is 41.5 Å². The molecule has 0 amide bonds. The van der Waals surface area contributed by atoms with Gasteiger partial charge in [-0.25, -0.2) is 0 Å². The molecule has 0 aromatic rings. The molecular formula is C27H41NO2. The molecule has 6 aliphatic rings. The second-order valence-corrected chi connectivity index (χ2v) is 12.3. The number of rotatable bonds is 0. The van der Waals surface area contributed by atoms with Crippen LogP contribution in [0.5, 0.6) is 0 Å². The van der Waals surface area contributed by atoms with Gasteiger partial charge < -0.3 is 9.84 Å². The Morgan fingerprint density at radius 3 is 2.70 bits per heavy atom. The summed E-state index contributed by atoms with van der Waals surface area (Å²) in [7, 11) is 0. The van der Waals surface area contributed by atoms with Crippen LogP contribution in [0.2, 0.25) is 0 Å². The summed E-state index contributed by atoms with van der Waals surface area (Å²) in [5.74, 6) is 3.51. The van der Waals surface area contributed by atoms with Crippen molar-refractivity contribution < 1.29 is 9.84 Å². The maximum atomic E-state index is 10.2. The highest BCUT2D eigenvalue weighted by Gasteiger charge is 2.67. The zero-order valence-electron chi connectivity index (χ0n) is 19.4. The maximum Gasteiger partial charge on any atom is 0.123 e. The highest BCUT2D eigenvalue weighted by molar-refractivity contribution is 5.36. The summed E-state index contributed by atoms with van der Waals surface area (Å²) in [6.07, 6.45) is 14.6. The molecular weight excluding hydrogens is 370 g/mol. The normalized spacial score (nSPS) is 57.2. The minimum absolute atomic E-state index is 0.0975. The van der Waals surface area contributed by atoms with E-state index in [4.69, 9.17) is 4.74 Å². The van der Waals surface area contributed by atoms with E-state index in [1.165, 1.54) is 25.7 Å². The quantitative estimate of drug-likeness (QED) is 0.538. The summed E-state index contributed by atoms with van der Waals surface area (Å²) >= 11 is 0. The standard InChI is InChI=1S/C27H41NO2/c1-16-9-12-27(28-15-16)17(2)26(4)23-8-7-22-20(21(23)14-24(26)30-27)6-5-18-13-19(29)10-11-25(18,22)3/h5,8,16-17,19-22,24,28-29H,6-7,9-15H2,1-4H3/t16-,17-,19-,20-,21-,22-,24-,25-,26+,27-/m0/s1. The number of piperidine rings is 1. The molecule has 3 nitrogen and oxygen atoms in total. The number of aliphatic hydroxyl groups is 1. The van der Waals surface area contributed by atoms with Gasteiger partial charge in [0, 0.05) is 17.9 Å². The van der Waals surface area contributed by atoms with Gasteiger partial charge in [0.2, 0.25) is 0 Å². The van der Waals surface area contributed by atoms with Crippen LogP contribution in [0.15, 0.2) is 23.3 Å². The van der Waals surface area contributed by atoms with Gasteiger partial charge in [-0.2, -0.15) is 0 Å². The van der Waals surface area contributed by atoms with E-state index in [1.807, 2.05) is 0 Å². The van der Waals surface area contributed by atoms with Crippen LogP contribution in [-0.2, 0) is 4.74 Å². The van der Waals surface area contributed by atoms with Gasteiger partial charge in [0.25, 0.3) is 0 Å². The van der Waals surface area contributed by atoms with Gasteiger partial charge in [-0.3, -0.25) is 5.32 Å². The first-order valence-corrected chi connectivity index (χ1v) is 12.8. The molecule has 0 bridgehead atoms. The van der Waals surface area contributed by atoms with Crippen LogP contribution in [0.3, 0.4) is 0 Å². The molecule has 1 spiro atoms. The van der Waals surface area contributed by atoms with Gasteiger partial charge >= 0.3 is 0 Å². The molecule has 4 aliphatic carbocycles. The van der Waals surface area contributed by atoms with E-state index in [0.717, 1.165) is 50.0 Å². The van der Waals surface area contributed by atoms with Gasteiger partial charge in [-0.05, 0) is 80.5 Å². The molecule has 4 fully saturated rings. The number of ether oxygens (including phenoxy) is 1. The molecule has 0 unspecified atom stereocenters. The van der Waals surface area contributed by atoms with Gasteiger partial charge in [-0.15, -0.1) is 0 Å². The lowest BCUT2D eigenvalue weighted by molar-refractivity contribution is -0.107. The van der Waals surface area contributed by atoms with E-state index in [0.29, 0.717) is 23.4 Å². The third-order valence-corrected chi connectivity index (χ3v) is 11.1. The summed E-state index contributed by atoms with van der Waals surface area (Å²) < 4.78 is 6.99. The Kier molecular flexibility index (Phi) is 4.30.